The van der Waals surface area contributed by atoms with Gasteiger partial charge in [0.15, 0.2) is 0 Å². The minimum absolute atomic E-state index is 0.0147. The molecule has 0 saturated carbocycles. The number of hydrogen-bond acceptors (Lipinski definition) is 3. The van der Waals surface area contributed by atoms with Crippen molar-refractivity contribution >= 4 is 6.03 Å². The molecule has 2 rings (SSSR count). The molecule has 1 N–H and O–H groups in total. The highest BCUT2D eigenvalue weighted by atomic mass is 16.5. The van der Waals surface area contributed by atoms with Crippen LogP contribution in [0.5, 0.6) is 0 Å². The minimum Gasteiger partial charge on any atom is -0.391 e. The molecule has 17 heavy (non-hydrogen) atoms. The van der Waals surface area contributed by atoms with E-state index >= 15 is 0 Å². The summed E-state index contributed by atoms with van der Waals surface area (Å²) in [5, 5.41) is 9.76. The Morgan fingerprint density at radius 2 is 2.00 bits per heavy atom. The zero-order chi connectivity index (χ0) is 12.3. The van der Waals surface area contributed by atoms with Gasteiger partial charge in [-0.05, 0) is 26.2 Å². The number of carbonyl (C=O) groups is 1. The Labute approximate surface area is 102 Å². The minimum atomic E-state index is -0.444. The van der Waals surface area contributed by atoms with Gasteiger partial charge in [-0.15, -0.1) is 0 Å². The lowest BCUT2D eigenvalue weighted by Crippen LogP contribution is -2.55. The number of piperidine rings is 1. The predicted molar refractivity (Wildman–Crippen MR) is 63.8 cm³/mol. The largest absolute Gasteiger partial charge is 0.391 e. The van der Waals surface area contributed by atoms with Gasteiger partial charge in [0, 0.05) is 19.6 Å². The number of aliphatic hydroxyl groups is 1. The second kappa shape index (κ2) is 5.69. The highest BCUT2D eigenvalue weighted by Gasteiger charge is 2.32. The molecule has 0 bridgehead atoms. The van der Waals surface area contributed by atoms with E-state index in [2.05, 4.69) is 0 Å². The van der Waals surface area contributed by atoms with Crippen LogP contribution in [0.15, 0.2) is 0 Å². The number of nitrogens with zero attached hydrogens (tertiary/aromatic N) is 2. The topological polar surface area (TPSA) is 53.0 Å². The standard InChI is InChI=1S/C12H22N2O3/c1-10(15)11-4-2-3-5-14(11)12(16)13-6-8-17-9-7-13/h10-11,15H,2-9H2,1H3. The van der Waals surface area contributed by atoms with Crippen molar-refractivity contribution in [1.29, 1.82) is 0 Å². The van der Waals surface area contributed by atoms with Crippen molar-refractivity contribution in [1.82, 2.24) is 9.80 Å². The maximum Gasteiger partial charge on any atom is 0.320 e. The lowest BCUT2D eigenvalue weighted by Gasteiger charge is -2.41. The number of ether oxygens (including phenoxy) is 1. The van der Waals surface area contributed by atoms with Crippen LogP contribution in [0.25, 0.3) is 0 Å². The van der Waals surface area contributed by atoms with E-state index in [0.29, 0.717) is 26.3 Å². The smallest absolute Gasteiger partial charge is 0.320 e. The summed E-state index contributed by atoms with van der Waals surface area (Å²) in [4.78, 5) is 16.0. The molecule has 2 heterocycles. The molecule has 0 aromatic carbocycles. The molecule has 0 aliphatic carbocycles. The van der Waals surface area contributed by atoms with E-state index in [1.165, 1.54) is 0 Å². The Morgan fingerprint density at radius 1 is 1.29 bits per heavy atom. The molecule has 2 aliphatic heterocycles. The van der Waals surface area contributed by atoms with Gasteiger partial charge in [-0.3, -0.25) is 0 Å². The summed E-state index contributed by atoms with van der Waals surface area (Å²) in [6.07, 6.45) is 2.61. The molecule has 2 saturated heterocycles. The number of rotatable bonds is 1. The maximum absolute atomic E-state index is 12.4. The number of aliphatic hydroxyl groups excluding tert-OH is 1. The van der Waals surface area contributed by atoms with Gasteiger partial charge in [0.25, 0.3) is 0 Å². The van der Waals surface area contributed by atoms with Crippen LogP contribution in [0.2, 0.25) is 0 Å². The van der Waals surface area contributed by atoms with Gasteiger partial charge >= 0.3 is 6.03 Å². The van der Waals surface area contributed by atoms with E-state index in [0.717, 1.165) is 25.8 Å². The van der Waals surface area contributed by atoms with Crippen LogP contribution in [0, 0.1) is 0 Å². The van der Waals surface area contributed by atoms with Crippen molar-refractivity contribution in [2.45, 2.75) is 38.3 Å². The summed E-state index contributed by atoms with van der Waals surface area (Å²) in [5.74, 6) is 0. The van der Waals surface area contributed by atoms with Gasteiger partial charge in [0.05, 0.1) is 25.4 Å². The quantitative estimate of drug-likeness (QED) is 0.735. The third-order valence-corrected chi connectivity index (χ3v) is 3.63. The highest BCUT2D eigenvalue weighted by molar-refractivity contribution is 5.75. The number of carbonyl (C=O) groups excluding carboxylic acids is 1. The number of urea groups is 1. The van der Waals surface area contributed by atoms with Crippen molar-refractivity contribution in [2.24, 2.45) is 0 Å². The summed E-state index contributed by atoms with van der Waals surface area (Å²) >= 11 is 0. The second-order valence-corrected chi connectivity index (χ2v) is 4.88. The number of likely N-dealkylation sites (tertiary alicyclic amines) is 1. The van der Waals surface area contributed by atoms with Crippen LogP contribution in [0.4, 0.5) is 4.79 Å². The van der Waals surface area contributed by atoms with Gasteiger partial charge in [0.1, 0.15) is 0 Å². The Bertz CT molecular complexity index is 264. The summed E-state index contributed by atoms with van der Waals surface area (Å²) in [7, 11) is 0. The van der Waals surface area contributed by atoms with Crippen LogP contribution >= 0.6 is 0 Å². The molecule has 0 aromatic heterocycles. The Kier molecular flexibility index (Phi) is 4.23. The molecule has 5 nitrogen and oxygen atoms in total. The molecule has 0 aromatic rings. The summed E-state index contributed by atoms with van der Waals surface area (Å²) < 4.78 is 5.25. The van der Waals surface area contributed by atoms with E-state index in [1.807, 2.05) is 9.80 Å². The molecule has 0 radical (unpaired) electrons. The first-order valence-electron chi connectivity index (χ1n) is 6.51. The first kappa shape index (κ1) is 12.6. The van der Waals surface area contributed by atoms with E-state index in [-0.39, 0.29) is 12.1 Å². The SMILES string of the molecule is CC(O)C1CCCCN1C(=O)N1CCOCC1. The third kappa shape index (κ3) is 2.90. The number of amides is 2. The zero-order valence-electron chi connectivity index (χ0n) is 10.5. The molecular weight excluding hydrogens is 220 g/mol. The van der Waals surface area contributed by atoms with Crippen molar-refractivity contribution < 1.29 is 14.6 Å². The molecule has 2 fully saturated rings. The highest BCUT2D eigenvalue weighted by Crippen LogP contribution is 2.21. The first-order chi connectivity index (χ1) is 8.20. The summed E-state index contributed by atoms with van der Waals surface area (Å²) in [6.45, 7) is 5.13. The molecule has 98 valence electrons. The number of hydrogen-bond donors (Lipinski definition) is 1. The summed E-state index contributed by atoms with van der Waals surface area (Å²) in [5.41, 5.74) is 0. The molecule has 2 atom stereocenters. The fourth-order valence-corrected chi connectivity index (χ4v) is 2.63. The van der Waals surface area contributed by atoms with E-state index in [1.54, 1.807) is 6.92 Å². The fraction of sp³-hybridized carbons (Fsp3) is 0.917. The maximum atomic E-state index is 12.4. The van der Waals surface area contributed by atoms with E-state index in [4.69, 9.17) is 4.74 Å². The van der Waals surface area contributed by atoms with E-state index < -0.39 is 6.10 Å². The average Bonchev–Trinajstić information content (AvgIpc) is 2.39. The molecular formula is C12H22N2O3. The van der Waals surface area contributed by atoms with Gasteiger partial charge < -0.3 is 19.6 Å². The monoisotopic (exact) mass is 242 g/mol. The van der Waals surface area contributed by atoms with Crippen LogP contribution in [0.3, 0.4) is 0 Å². The first-order valence-corrected chi connectivity index (χ1v) is 6.51. The van der Waals surface area contributed by atoms with Crippen LogP contribution in [-0.2, 0) is 4.74 Å². The zero-order valence-corrected chi connectivity index (χ0v) is 10.5. The molecule has 2 unspecified atom stereocenters. The average molecular weight is 242 g/mol. The fourth-order valence-electron chi connectivity index (χ4n) is 2.63. The van der Waals surface area contributed by atoms with Gasteiger partial charge in [-0.2, -0.15) is 0 Å². The van der Waals surface area contributed by atoms with Crippen molar-refractivity contribution in [3.05, 3.63) is 0 Å². The van der Waals surface area contributed by atoms with Crippen molar-refractivity contribution in [2.75, 3.05) is 32.8 Å². The third-order valence-electron chi connectivity index (χ3n) is 3.63. The lowest BCUT2D eigenvalue weighted by atomic mass is 9.98. The van der Waals surface area contributed by atoms with Crippen LogP contribution in [0.1, 0.15) is 26.2 Å². The molecule has 0 spiro atoms. The second-order valence-electron chi connectivity index (χ2n) is 4.88. The van der Waals surface area contributed by atoms with Crippen molar-refractivity contribution in [3.63, 3.8) is 0 Å². The van der Waals surface area contributed by atoms with Gasteiger partial charge in [0.2, 0.25) is 0 Å². The normalized spacial score (nSPS) is 28.0. The molecule has 2 aliphatic rings. The van der Waals surface area contributed by atoms with E-state index in [9.17, 15) is 9.90 Å². The number of morpholine rings is 1. The van der Waals surface area contributed by atoms with Gasteiger partial charge in [-0.25, -0.2) is 4.79 Å². The van der Waals surface area contributed by atoms with Crippen LogP contribution in [-0.4, -0.2) is 65.9 Å². The van der Waals surface area contributed by atoms with Gasteiger partial charge in [-0.1, -0.05) is 0 Å². The Morgan fingerprint density at radius 3 is 2.65 bits per heavy atom. The summed E-state index contributed by atoms with van der Waals surface area (Å²) in [6, 6.07) is 0.0537. The predicted octanol–water partition coefficient (Wildman–Crippen LogP) is 0.674. The van der Waals surface area contributed by atoms with Crippen LogP contribution < -0.4 is 0 Å². The molecule has 2 amide bonds. The van der Waals surface area contributed by atoms with Crippen molar-refractivity contribution in [3.8, 4) is 0 Å². The lowest BCUT2D eigenvalue weighted by molar-refractivity contribution is 0.0160. The molecule has 5 heteroatoms. The Hall–Kier alpha value is -0.810. The Balaban J connectivity index is 1.99.